The Hall–Kier alpha value is -1.50. The van der Waals surface area contributed by atoms with Crippen LogP contribution in [0.15, 0.2) is 34.3 Å². The summed E-state index contributed by atoms with van der Waals surface area (Å²) in [6.45, 7) is 6.04. The van der Waals surface area contributed by atoms with E-state index in [9.17, 15) is 8.42 Å². The maximum absolute atomic E-state index is 12.6. The molecule has 180 valence electrons. The van der Waals surface area contributed by atoms with E-state index in [-0.39, 0.29) is 4.90 Å². The van der Waals surface area contributed by atoms with Gasteiger partial charge in [-0.2, -0.15) is 0 Å². The summed E-state index contributed by atoms with van der Waals surface area (Å²) < 4.78 is 44.7. The summed E-state index contributed by atoms with van der Waals surface area (Å²) in [6.07, 6.45) is 0.528. The van der Waals surface area contributed by atoms with Crippen molar-refractivity contribution in [2.24, 2.45) is 5.92 Å². The number of hydrogen-bond donors (Lipinski definition) is 0. The predicted molar refractivity (Wildman–Crippen MR) is 125 cm³/mol. The Kier molecular flexibility index (Phi) is 10.6. The second kappa shape index (κ2) is 12.7. The molecule has 2 aromatic rings. The first-order valence-corrected chi connectivity index (χ1v) is 12.9. The molecule has 1 aromatic heterocycles. The van der Waals surface area contributed by atoms with Crippen LogP contribution in [0.4, 0.5) is 0 Å². The first-order chi connectivity index (χ1) is 15.2. The van der Waals surface area contributed by atoms with Gasteiger partial charge in [0.05, 0.1) is 18.0 Å². The van der Waals surface area contributed by atoms with E-state index in [0.29, 0.717) is 35.6 Å². The molecule has 0 spiro atoms. The second-order valence-corrected chi connectivity index (χ2v) is 11.0. The van der Waals surface area contributed by atoms with E-state index in [4.69, 9.17) is 14.2 Å². The summed E-state index contributed by atoms with van der Waals surface area (Å²) in [5, 5.41) is 9.37. The lowest BCUT2D eigenvalue weighted by Gasteiger charge is -2.17. The van der Waals surface area contributed by atoms with Crippen LogP contribution in [0.3, 0.4) is 0 Å². The van der Waals surface area contributed by atoms with E-state index in [2.05, 4.69) is 24.0 Å². The first-order valence-electron chi connectivity index (χ1n) is 10.4. The standard InChI is InChI=1S/C21H34N4O5S2/c1-16(2)10-11-30-12-13-31-21-23-22-20(25(21)15-19(28-5)29-6)17-8-7-9-18(14-17)32(26,27)24(3)4/h7-9,14,16,19H,10-13,15H2,1-6H3. The van der Waals surface area contributed by atoms with Crippen molar-refractivity contribution >= 4 is 21.8 Å². The lowest BCUT2D eigenvalue weighted by atomic mass is 10.1. The van der Waals surface area contributed by atoms with Crippen LogP contribution in [0.1, 0.15) is 20.3 Å². The first kappa shape index (κ1) is 26.7. The van der Waals surface area contributed by atoms with Crippen molar-refractivity contribution in [3.05, 3.63) is 24.3 Å². The summed E-state index contributed by atoms with van der Waals surface area (Å²) in [5.41, 5.74) is 0.645. The van der Waals surface area contributed by atoms with Crippen LogP contribution >= 0.6 is 11.8 Å². The number of hydrogen-bond acceptors (Lipinski definition) is 8. The van der Waals surface area contributed by atoms with E-state index < -0.39 is 16.3 Å². The highest BCUT2D eigenvalue weighted by Crippen LogP contribution is 2.27. The molecule has 0 unspecified atom stereocenters. The molecule has 0 aliphatic carbocycles. The van der Waals surface area contributed by atoms with Gasteiger partial charge in [-0.3, -0.25) is 4.57 Å². The quantitative estimate of drug-likeness (QED) is 0.228. The van der Waals surface area contributed by atoms with Gasteiger partial charge in [0.25, 0.3) is 0 Å². The van der Waals surface area contributed by atoms with Gasteiger partial charge >= 0.3 is 0 Å². The lowest BCUT2D eigenvalue weighted by Crippen LogP contribution is -2.22. The number of sulfonamides is 1. The Bertz CT molecular complexity index is 943. The normalized spacial score (nSPS) is 12.4. The Balaban J connectivity index is 2.27. The smallest absolute Gasteiger partial charge is 0.242 e. The Labute approximate surface area is 195 Å². The van der Waals surface area contributed by atoms with Gasteiger partial charge in [0.15, 0.2) is 17.3 Å². The Morgan fingerprint density at radius 3 is 2.47 bits per heavy atom. The summed E-state index contributed by atoms with van der Waals surface area (Å²) in [6, 6.07) is 6.68. The third kappa shape index (κ3) is 7.26. The van der Waals surface area contributed by atoms with Gasteiger partial charge in [0.1, 0.15) is 0 Å². The van der Waals surface area contributed by atoms with Crippen LogP contribution in [0.5, 0.6) is 0 Å². The molecular weight excluding hydrogens is 452 g/mol. The zero-order chi connectivity index (χ0) is 23.7. The molecule has 1 heterocycles. The Morgan fingerprint density at radius 2 is 1.84 bits per heavy atom. The number of aromatic nitrogens is 3. The van der Waals surface area contributed by atoms with Crippen molar-refractivity contribution < 1.29 is 22.6 Å². The summed E-state index contributed by atoms with van der Waals surface area (Å²) in [5.74, 6) is 1.87. The van der Waals surface area contributed by atoms with Crippen molar-refractivity contribution in [2.45, 2.75) is 43.2 Å². The molecule has 0 atom stereocenters. The highest BCUT2D eigenvalue weighted by atomic mass is 32.2. The molecule has 9 nitrogen and oxygen atoms in total. The van der Waals surface area contributed by atoms with E-state index in [0.717, 1.165) is 18.8 Å². The van der Waals surface area contributed by atoms with E-state index in [1.807, 2.05) is 10.6 Å². The van der Waals surface area contributed by atoms with Crippen molar-refractivity contribution in [3.63, 3.8) is 0 Å². The monoisotopic (exact) mass is 486 g/mol. The summed E-state index contributed by atoms with van der Waals surface area (Å²) in [4.78, 5) is 0.192. The van der Waals surface area contributed by atoms with Crippen molar-refractivity contribution in [3.8, 4) is 11.4 Å². The van der Waals surface area contributed by atoms with Crippen molar-refractivity contribution in [1.29, 1.82) is 0 Å². The second-order valence-electron chi connectivity index (χ2n) is 7.78. The van der Waals surface area contributed by atoms with Gasteiger partial charge in [0, 0.05) is 46.2 Å². The van der Waals surface area contributed by atoms with E-state index in [1.165, 1.54) is 30.2 Å². The number of nitrogens with zero attached hydrogens (tertiary/aromatic N) is 4. The Morgan fingerprint density at radius 1 is 1.12 bits per heavy atom. The van der Waals surface area contributed by atoms with Crippen LogP contribution in [0.25, 0.3) is 11.4 Å². The van der Waals surface area contributed by atoms with Crippen LogP contribution in [-0.2, 0) is 30.8 Å². The van der Waals surface area contributed by atoms with Gasteiger partial charge in [-0.15, -0.1) is 10.2 Å². The van der Waals surface area contributed by atoms with Crippen LogP contribution in [0, 0.1) is 5.92 Å². The van der Waals surface area contributed by atoms with Gasteiger partial charge in [-0.05, 0) is 24.5 Å². The molecule has 0 saturated carbocycles. The molecule has 32 heavy (non-hydrogen) atoms. The van der Waals surface area contributed by atoms with Gasteiger partial charge < -0.3 is 14.2 Å². The van der Waals surface area contributed by atoms with Gasteiger partial charge in [-0.1, -0.05) is 37.7 Å². The average Bonchev–Trinajstić information content (AvgIpc) is 3.16. The fourth-order valence-corrected chi connectivity index (χ4v) is 4.53. The zero-order valence-corrected chi connectivity index (χ0v) is 21.3. The maximum atomic E-state index is 12.6. The largest absolute Gasteiger partial charge is 0.381 e. The molecule has 2 rings (SSSR count). The van der Waals surface area contributed by atoms with E-state index >= 15 is 0 Å². The summed E-state index contributed by atoms with van der Waals surface area (Å²) in [7, 11) is 2.57. The molecule has 0 fully saturated rings. The van der Waals surface area contributed by atoms with Crippen LogP contribution in [0.2, 0.25) is 0 Å². The zero-order valence-electron chi connectivity index (χ0n) is 19.6. The molecule has 0 aliphatic rings. The number of methoxy groups -OCH3 is 2. The molecule has 1 aromatic carbocycles. The topological polar surface area (TPSA) is 95.8 Å². The highest BCUT2D eigenvalue weighted by molar-refractivity contribution is 7.99. The fourth-order valence-electron chi connectivity index (χ4n) is 2.79. The molecule has 0 radical (unpaired) electrons. The maximum Gasteiger partial charge on any atom is 0.242 e. The lowest BCUT2D eigenvalue weighted by molar-refractivity contribution is -0.111. The molecule has 0 amide bonds. The van der Waals surface area contributed by atoms with Gasteiger partial charge in [0.2, 0.25) is 10.0 Å². The molecular formula is C21H34N4O5S2. The minimum Gasteiger partial charge on any atom is -0.381 e. The third-order valence-electron chi connectivity index (χ3n) is 4.74. The van der Waals surface area contributed by atoms with Crippen LogP contribution in [-0.4, -0.2) is 81.1 Å². The molecule has 0 aliphatic heterocycles. The molecule has 0 saturated heterocycles. The molecule has 11 heteroatoms. The minimum absolute atomic E-state index is 0.192. The number of rotatable bonds is 14. The number of benzene rings is 1. The van der Waals surface area contributed by atoms with Crippen molar-refractivity contribution in [1.82, 2.24) is 19.1 Å². The number of ether oxygens (including phenoxy) is 3. The van der Waals surface area contributed by atoms with Crippen LogP contribution < -0.4 is 0 Å². The van der Waals surface area contributed by atoms with Gasteiger partial charge in [-0.25, -0.2) is 12.7 Å². The number of thioether (sulfide) groups is 1. The highest BCUT2D eigenvalue weighted by Gasteiger charge is 2.21. The van der Waals surface area contributed by atoms with Crippen molar-refractivity contribution in [2.75, 3.05) is 47.3 Å². The minimum atomic E-state index is -3.57. The molecule has 0 bridgehead atoms. The average molecular weight is 487 g/mol. The third-order valence-corrected chi connectivity index (χ3v) is 7.49. The molecule has 0 N–H and O–H groups in total. The summed E-state index contributed by atoms with van der Waals surface area (Å²) >= 11 is 1.53. The fraction of sp³-hybridized carbons (Fsp3) is 0.619. The van der Waals surface area contributed by atoms with E-state index in [1.54, 1.807) is 32.4 Å². The predicted octanol–water partition coefficient (Wildman–Crippen LogP) is 2.97. The SMILES string of the molecule is COC(Cn1c(SCCOCCC(C)C)nnc1-c1cccc(S(=O)(=O)N(C)C)c1)OC.